The fourth-order valence-electron chi connectivity index (χ4n) is 1.41. The number of amides is 1. The Bertz CT molecular complexity index is 495. The molecule has 8 heteroatoms. The van der Waals surface area contributed by atoms with Crippen molar-refractivity contribution in [3.63, 3.8) is 0 Å². The largest absolute Gasteiger partial charge is 0.353 e. The Kier molecular flexibility index (Phi) is 4.76. The summed E-state index contributed by atoms with van der Waals surface area (Å²) in [5, 5.41) is 10.5. The van der Waals surface area contributed by atoms with Crippen LogP contribution in [0.25, 0.3) is 0 Å². The maximum Gasteiger partial charge on any atom is 0.287 e. The molecule has 0 saturated heterocycles. The first-order valence-electron chi connectivity index (χ1n) is 5.56. The molecule has 1 amide bonds. The van der Waals surface area contributed by atoms with E-state index in [2.05, 4.69) is 4.98 Å². The lowest BCUT2D eigenvalue weighted by molar-refractivity contribution is -0.384. The van der Waals surface area contributed by atoms with Crippen molar-refractivity contribution in [2.75, 3.05) is 34.2 Å². The molecule has 0 spiro atoms. The molecule has 1 aromatic heterocycles. The van der Waals surface area contributed by atoms with Crippen LogP contribution in [0.2, 0.25) is 0 Å². The number of nitrogens with one attached hydrogen (secondary N) is 1. The number of nitro groups is 1. The van der Waals surface area contributed by atoms with Gasteiger partial charge in [0, 0.05) is 20.2 Å². The Morgan fingerprint density at radius 3 is 2.42 bits per heavy atom. The first kappa shape index (κ1) is 14.8. The Morgan fingerprint density at radius 1 is 1.32 bits per heavy atom. The molecular formula is C11H16N4O4. The molecule has 1 rings (SSSR count). The summed E-state index contributed by atoms with van der Waals surface area (Å²) in [5.74, 6) is -0.421. The van der Waals surface area contributed by atoms with Gasteiger partial charge in [-0.15, -0.1) is 0 Å². The Hall–Kier alpha value is -2.22. The summed E-state index contributed by atoms with van der Waals surface area (Å²) in [4.78, 5) is 38.7. The Morgan fingerprint density at radius 2 is 1.95 bits per heavy atom. The van der Waals surface area contributed by atoms with Crippen molar-refractivity contribution in [1.29, 1.82) is 0 Å². The average Bonchev–Trinajstić information content (AvgIpc) is 2.77. The SMILES string of the molecule is CN(CC(=O)c1cc([N+](=O)[O-])c[nH]1)CC(=O)N(C)C. The Balaban J connectivity index is 2.58. The number of ketones is 1. The van der Waals surface area contributed by atoms with Crippen LogP contribution in [0.15, 0.2) is 12.3 Å². The lowest BCUT2D eigenvalue weighted by Crippen LogP contribution is -2.37. The van der Waals surface area contributed by atoms with Crippen LogP contribution in [0, 0.1) is 10.1 Å². The summed E-state index contributed by atoms with van der Waals surface area (Å²) in [5.41, 5.74) is 0.00576. The molecule has 0 unspecified atom stereocenters. The van der Waals surface area contributed by atoms with E-state index in [1.165, 1.54) is 11.0 Å². The van der Waals surface area contributed by atoms with Gasteiger partial charge in [0.2, 0.25) is 5.91 Å². The van der Waals surface area contributed by atoms with Gasteiger partial charge in [0.15, 0.2) is 5.78 Å². The van der Waals surface area contributed by atoms with E-state index in [4.69, 9.17) is 0 Å². The molecule has 0 bridgehead atoms. The van der Waals surface area contributed by atoms with E-state index < -0.39 is 4.92 Å². The molecule has 0 fully saturated rings. The van der Waals surface area contributed by atoms with Crippen LogP contribution in [0.4, 0.5) is 5.69 Å². The van der Waals surface area contributed by atoms with E-state index >= 15 is 0 Å². The highest BCUT2D eigenvalue weighted by Crippen LogP contribution is 2.12. The van der Waals surface area contributed by atoms with Crippen LogP contribution in [-0.4, -0.2) is 65.6 Å². The van der Waals surface area contributed by atoms with Crippen molar-refractivity contribution in [1.82, 2.24) is 14.8 Å². The second kappa shape index (κ2) is 6.10. The van der Waals surface area contributed by atoms with E-state index in [-0.39, 0.29) is 36.2 Å². The number of hydrogen-bond acceptors (Lipinski definition) is 5. The molecule has 0 aliphatic rings. The summed E-state index contributed by atoms with van der Waals surface area (Å²) in [6.07, 6.45) is 1.16. The fraction of sp³-hybridized carbons (Fsp3) is 0.455. The van der Waals surface area contributed by atoms with Gasteiger partial charge in [0.25, 0.3) is 5.69 Å². The number of aromatic nitrogens is 1. The second-order valence-electron chi connectivity index (χ2n) is 4.41. The summed E-state index contributed by atoms with van der Waals surface area (Å²) < 4.78 is 0. The zero-order chi connectivity index (χ0) is 14.6. The number of aromatic amines is 1. The van der Waals surface area contributed by atoms with Crippen LogP contribution in [0.3, 0.4) is 0 Å². The highest BCUT2D eigenvalue weighted by atomic mass is 16.6. The molecule has 19 heavy (non-hydrogen) atoms. The standard InChI is InChI=1S/C11H16N4O4/c1-13(2)11(17)7-14(3)6-10(16)9-4-8(5-12-9)15(18)19/h4-5,12H,6-7H2,1-3H3. The number of nitrogens with zero attached hydrogens (tertiary/aromatic N) is 3. The van der Waals surface area contributed by atoms with E-state index in [1.807, 2.05) is 0 Å². The number of rotatable bonds is 6. The van der Waals surface area contributed by atoms with Crippen molar-refractivity contribution in [3.05, 3.63) is 28.1 Å². The number of Topliss-reactive ketones (excluding diaryl/α,β-unsaturated/α-hetero) is 1. The van der Waals surface area contributed by atoms with Crippen molar-refractivity contribution in [2.24, 2.45) is 0 Å². The molecule has 0 saturated carbocycles. The highest BCUT2D eigenvalue weighted by Gasteiger charge is 2.17. The number of likely N-dealkylation sites (N-methyl/N-ethyl adjacent to an activating group) is 2. The van der Waals surface area contributed by atoms with Crippen molar-refractivity contribution in [2.45, 2.75) is 0 Å². The molecular weight excluding hydrogens is 252 g/mol. The summed E-state index contributed by atoms with van der Waals surface area (Å²) in [6.45, 7) is 0.124. The zero-order valence-electron chi connectivity index (χ0n) is 11.0. The molecule has 104 valence electrons. The molecule has 0 aliphatic carbocycles. The van der Waals surface area contributed by atoms with Gasteiger partial charge in [-0.05, 0) is 7.05 Å². The number of carbonyl (C=O) groups excluding carboxylic acids is 2. The van der Waals surface area contributed by atoms with Crippen molar-refractivity contribution >= 4 is 17.4 Å². The quantitative estimate of drug-likeness (QED) is 0.449. The maximum atomic E-state index is 11.8. The zero-order valence-corrected chi connectivity index (χ0v) is 11.0. The minimum absolute atomic E-state index is 0.0112. The molecule has 0 atom stereocenters. The minimum Gasteiger partial charge on any atom is -0.353 e. The third-order valence-corrected chi connectivity index (χ3v) is 2.50. The molecule has 1 N–H and O–H groups in total. The molecule has 0 aliphatic heterocycles. The van der Waals surface area contributed by atoms with Crippen molar-refractivity contribution in [3.8, 4) is 0 Å². The van der Waals surface area contributed by atoms with Crippen LogP contribution < -0.4 is 0 Å². The maximum absolute atomic E-state index is 11.8. The molecule has 0 radical (unpaired) electrons. The van der Waals surface area contributed by atoms with Crippen LogP contribution in [0.5, 0.6) is 0 Å². The number of carbonyl (C=O) groups is 2. The first-order valence-corrected chi connectivity index (χ1v) is 5.56. The molecule has 8 nitrogen and oxygen atoms in total. The van der Waals surface area contributed by atoms with Crippen LogP contribution in [0.1, 0.15) is 10.5 Å². The molecule has 1 aromatic rings. The van der Waals surface area contributed by atoms with Gasteiger partial charge in [-0.25, -0.2) is 0 Å². The predicted octanol–water partition coefficient (Wildman–Crippen LogP) is 0.126. The summed E-state index contributed by atoms with van der Waals surface area (Å²) in [6, 6.07) is 1.18. The third kappa shape index (κ3) is 4.18. The van der Waals surface area contributed by atoms with E-state index in [0.29, 0.717) is 0 Å². The van der Waals surface area contributed by atoms with Gasteiger partial charge in [0.1, 0.15) is 0 Å². The van der Waals surface area contributed by atoms with Gasteiger partial charge in [0.05, 0.1) is 29.9 Å². The normalized spacial score (nSPS) is 10.5. The lowest BCUT2D eigenvalue weighted by Gasteiger charge is -2.17. The van der Waals surface area contributed by atoms with Crippen LogP contribution in [-0.2, 0) is 4.79 Å². The van der Waals surface area contributed by atoms with E-state index in [9.17, 15) is 19.7 Å². The van der Waals surface area contributed by atoms with Gasteiger partial charge >= 0.3 is 0 Å². The smallest absolute Gasteiger partial charge is 0.287 e. The highest BCUT2D eigenvalue weighted by molar-refractivity contribution is 5.96. The first-order chi connectivity index (χ1) is 8.81. The topological polar surface area (TPSA) is 99.5 Å². The Labute approximate surface area is 110 Å². The summed E-state index contributed by atoms with van der Waals surface area (Å²) in [7, 11) is 4.90. The van der Waals surface area contributed by atoms with Gasteiger partial charge < -0.3 is 9.88 Å². The van der Waals surface area contributed by atoms with Gasteiger partial charge in [-0.1, -0.05) is 0 Å². The summed E-state index contributed by atoms with van der Waals surface area (Å²) >= 11 is 0. The second-order valence-corrected chi connectivity index (χ2v) is 4.41. The van der Waals surface area contributed by atoms with E-state index in [1.54, 1.807) is 26.0 Å². The average molecular weight is 268 g/mol. The molecule has 0 aromatic carbocycles. The van der Waals surface area contributed by atoms with Gasteiger partial charge in [-0.3, -0.25) is 24.6 Å². The molecule has 1 heterocycles. The van der Waals surface area contributed by atoms with E-state index in [0.717, 1.165) is 6.20 Å². The van der Waals surface area contributed by atoms with Crippen LogP contribution >= 0.6 is 0 Å². The van der Waals surface area contributed by atoms with Crippen molar-refractivity contribution < 1.29 is 14.5 Å². The lowest BCUT2D eigenvalue weighted by atomic mass is 10.2. The van der Waals surface area contributed by atoms with Gasteiger partial charge in [-0.2, -0.15) is 0 Å². The number of hydrogen-bond donors (Lipinski definition) is 1. The third-order valence-electron chi connectivity index (χ3n) is 2.50. The fourth-order valence-corrected chi connectivity index (χ4v) is 1.41. The monoisotopic (exact) mass is 268 g/mol. The predicted molar refractivity (Wildman–Crippen MR) is 68.0 cm³/mol. The number of H-pyrrole nitrogens is 1. The minimum atomic E-state index is -0.577.